The molecule has 2 rings (SSSR count). The predicted octanol–water partition coefficient (Wildman–Crippen LogP) is 3.40. The summed E-state index contributed by atoms with van der Waals surface area (Å²) in [6.45, 7) is 3.74. The highest BCUT2D eigenvalue weighted by atomic mass is 16.5. The van der Waals surface area contributed by atoms with Crippen molar-refractivity contribution >= 4 is 23.2 Å². The molecule has 0 spiro atoms. The molecule has 0 radical (unpaired) electrons. The van der Waals surface area contributed by atoms with Crippen LogP contribution in [0.15, 0.2) is 47.6 Å². The molecule has 28 heavy (non-hydrogen) atoms. The average molecular weight is 383 g/mol. The summed E-state index contributed by atoms with van der Waals surface area (Å²) in [5.74, 6) is 0.311. The smallest absolute Gasteiger partial charge is 0.275 e. The first-order chi connectivity index (χ1) is 13.5. The molecule has 0 aromatic heterocycles. The van der Waals surface area contributed by atoms with Gasteiger partial charge in [-0.25, -0.2) is 5.43 Å². The van der Waals surface area contributed by atoms with Crippen LogP contribution in [0.4, 0.5) is 5.69 Å². The highest BCUT2D eigenvalue weighted by molar-refractivity contribution is 6.06. The van der Waals surface area contributed by atoms with E-state index in [0.717, 1.165) is 12.1 Å². The Morgan fingerprint density at radius 1 is 1.04 bits per heavy atom. The zero-order chi connectivity index (χ0) is 20.5. The summed E-state index contributed by atoms with van der Waals surface area (Å²) < 4.78 is 10.3. The van der Waals surface area contributed by atoms with Crippen molar-refractivity contribution in [2.24, 2.45) is 5.10 Å². The van der Waals surface area contributed by atoms with E-state index in [1.165, 1.54) is 19.8 Å². The van der Waals surface area contributed by atoms with Crippen molar-refractivity contribution < 1.29 is 19.1 Å². The lowest BCUT2D eigenvalue weighted by Crippen LogP contribution is -2.22. The topological polar surface area (TPSA) is 89.0 Å². The lowest BCUT2D eigenvalue weighted by molar-refractivity contribution is -0.115. The molecule has 0 aliphatic heterocycles. The molecule has 0 saturated heterocycles. The Hall–Kier alpha value is -3.35. The van der Waals surface area contributed by atoms with Gasteiger partial charge in [-0.1, -0.05) is 19.1 Å². The van der Waals surface area contributed by atoms with E-state index in [2.05, 4.69) is 22.8 Å². The van der Waals surface area contributed by atoms with Crippen molar-refractivity contribution in [3.63, 3.8) is 0 Å². The third-order valence-corrected chi connectivity index (χ3v) is 4.06. The summed E-state index contributed by atoms with van der Waals surface area (Å²) in [5, 5.41) is 6.80. The Morgan fingerprint density at radius 2 is 1.75 bits per heavy atom. The number of anilines is 1. The summed E-state index contributed by atoms with van der Waals surface area (Å²) in [5.41, 5.74) is 5.16. The van der Waals surface area contributed by atoms with E-state index < -0.39 is 5.91 Å². The number of amides is 2. The van der Waals surface area contributed by atoms with E-state index in [0.29, 0.717) is 22.8 Å². The molecule has 7 heteroatoms. The number of methoxy groups -OCH3 is 2. The van der Waals surface area contributed by atoms with Gasteiger partial charge >= 0.3 is 0 Å². The molecule has 2 aromatic rings. The average Bonchev–Trinajstić information content (AvgIpc) is 2.71. The number of hydrogen-bond acceptors (Lipinski definition) is 5. The zero-order valence-corrected chi connectivity index (χ0v) is 16.5. The fourth-order valence-corrected chi connectivity index (χ4v) is 2.49. The molecule has 7 nitrogen and oxygen atoms in total. The Bertz CT molecular complexity index is 860. The maximum absolute atomic E-state index is 12.3. The lowest BCUT2D eigenvalue weighted by atomic mass is 10.1. The quantitative estimate of drug-likeness (QED) is 0.540. The van der Waals surface area contributed by atoms with Gasteiger partial charge in [-0.15, -0.1) is 0 Å². The second-order valence-corrected chi connectivity index (χ2v) is 6.13. The van der Waals surface area contributed by atoms with E-state index in [9.17, 15) is 9.59 Å². The predicted molar refractivity (Wildman–Crippen MR) is 109 cm³/mol. The third-order valence-electron chi connectivity index (χ3n) is 4.06. The molecule has 2 aromatic carbocycles. The Labute approximate surface area is 164 Å². The largest absolute Gasteiger partial charge is 0.497 e. The fourth-order valence-electron chi connectivity index (χ4n) is 2.49. The lowest BCUT2D eigenvalue weighted by Gasteiger charge is -2.09. The molecule has 0 bridgehead atoms. The van der Waals surface area contributed by atoms with Crippen LogP contribution in [0.2, 0.25) is 0 Å². The van der Waals surface area contributed by atoms with Crippen LogP contribution in [0, 0.1) is 0 Å². The third kappa shape index (κ3) is 5.84. The van der Waals surface area contributed by atoms with Gasteiger partial charge in [0.25, 0.3) is 5.91 Å². The standard InChI is InChI=1S/C21H25N3O4/c1-5-15-6-8-16(9-7-15)22-20(25)12-14(2)23-24-21(26)18-11-10-17(27-3)13-19(18)28-4/h6-11,13H,5,12H2,1-4H3,(H,22,25)(H,24,26)/b23-14+. The molecule has 2 N–H and O–H groups in total. The summed E-state index contributed by atoms with van der Waals surface area (Å²) in [7, 11) is 3.00. The van der Waals surface area contributed by atoms with Crippen LogP contribution in [0.5, 0.6) is 11.5 Å². The van der Waals surface area contributed by atoms with Gasteiger partial charge in [-0.2, -0.15) is 5.10 Å². The van der Waals surface area contributed by atoms with Gasteiger partial charge < -0.3 is 14.8 Å². The molecular formula is C21H25N3O4. The van der Waals surface area contributed by atoms with Gasteiger partial charge in [0.1, 0.15) is 11.5 Å². The van der Waals surface area contributed by atoms with Crippen LogP contribution >= 0.6 is 0 Å². The van der Waals surface area contributed by atoms with Crippen LogP contribution in [0.3, 0.4) is 0 Å². The molecule has 0 aliphatic carbocycles. The first kappa shape index (κ1) is 21.0. The number of benzene rings is 2. The number of nitrogens with one attached hydrogen (secondary N) is 2. The van der Waals surface area contributed by atoms with Gasteiger partial charge in [-0.05, 0) is 43.2 Å². The van der Waals surface area contributed by atoms with Gasteiger partial charge in [0.05, 0.1) is 26.2 Å². The van der Waals surface area contributed by atoms with Gasteiger partial charge in [0.2, 0.25) is 5.91 Å². The molecule has 148 valence electrons. The maximum Gasteiger partial charge on any atom is 0.275 e. The van der Waals surface area contributed by atoms with E-state index >= 15 is 0 Å². The highest BCUT2D eigenvalue weighted by Gasteiger charge is 2.13. The minimum absolute atomic E-state index is 0.0650. The van der Waals surface area contributed by atoms with Crippen LogP contribution < -0.4 is 20.2 Å². The molecule has 0 fully saturated rings. The van der Waals surface area contributed by atoms with E-state index in [1.807, 2.05) is 24.3 Å². The summed E-state index contributed by atoms with van der Waals surface area (Å²) in [6, 6.07) is 12.5. The van der Waals surface area contributed by atoms with Crippen molar-refractivity contribution in [1.29, 1.82) is 0 Å². The number of nitrogens with zero attached hydrogens (tertiary/aromatic N) is 1. The number of hydrogen-bond donors (Lipinski definition) is 2. The number of carbonyl (C=O) groups is 2. The van der Waals surface area contributed by atoms with Gasteiger partial charge in [0.15, 0.2) is 0 Å². The number of ether oxygens (including phenoxy) is 2. The van der Waals surface area contributed by atoms with E-state index in [1.54, 1.807) is 25.1 Å². The van der Waals surface area contributed by atoms with Crippen molar-refractivity contribution in [2.75, 3.05) is 19.5 Å². The number of hydrazone groups is 1. The molecule has 0 heterocycles. The number of aryl methyl sites for hydroxylation is 1. The van der Waals surface area contributed by atoms with Gasteiger partial charge in [-0.3, -0.25) is 9.59 Å². The van der Waals surface area contributed by atoms with Crippen molar-refractivity contribution in [3.05, 3.63) is 53.6 Å². The Kier molecular flexibility index (Phi) is 7.56. The number of rotatable bonds is 8. The second-order valence-electron chi connectivity index (χ2n) is 6.13. The van der Waals surface area contributed by atoms with Crippen molar-refractivity contribution in [3.8, 4) is 11.5 Å². The second kappa shape index (κ2) is 10.1. The molecule has 0 unspecified atom stereocenters. The Balaban J connectivity index is 1.94. The minimum Gasteiger partial charge on any atom is -0.497 e. The summed E-state index contributed by atoms with van der Waals surface area (Å²) in [6.07, 6.45) is 1.01. The molecule has 0 saturated carbocycles. The zero-order valence-electron chi connectivity index (χ0n) is 16.5. The highest BCUT2D eigenvalue weighted by Crippen LogP contribution is 2.24. The first-order valence-electron chi connectivity index (χ1n) is 8.91. The fraction of sp³-hybridized carbons (Fsp3) is 0.286. The van der Waals surface area contributed by atoms with Crippen LogP contribution in [0.25, 0.3) is 0 Å². The monoisotopic (exact) mass is 383 g/mol. The van der Waals surface area contributed by atoms with Crippen molar-refractivity contribution in [1.82, 2.24) is 5.43 Å². The molecule has 2 amide bonds. The maximum atomic E-state index is 12.3. The molecule has 0 atom stereocenters. The summed E-state index contributed by atoms with van der Waals surface area (Å²) >= 11 is 0. The SMILES string of the molecule is CCc1ccc(NC(=O)C/C(C)=N/NC(=O)c2ccc(OC)cc2OC)cc1. The van der Waals surface area contributed by atoms with Crippen LogP contribution in [-0.4, -0.2) is 31.7 Å². The van der Waals surface area contributed by atoms with Gasteiger partial charge in [0, 0.05) is 17.5 Å². The van der Waals surface area contributed by atoms with Crippen LogP contribution in [-0.2, 0) is 11.2 Å². The molecule has 0 aliphatic rings. The Morgan fingerprint density at radius 3 is 2.36 bits per heavy atom. The van der Waals surface area contributed by atoms with E-state index in [4.69, 9.17) is 9.47 Å². The first-order valence-corrected chi connectivity index (χ1v) is 8.91. The normalized spacial score (nSPS) is 10.9. The van der Waals surface area contributed by atoms with E-state index in [-0.39, 0.29) is 12.3 Å². The minimum atomic E-state index is -0.436. The number of carbonyl (C=O) groups excluding carboxylic acids is 2. The van der Waals surface area contributed by atoms with Crippen molar-refractivity contribution in [2.45, 2.75) is 26.7 Å². The molecular weight excluding hydrogens is 358 g/mol. The van der Waals surface area contributed by atoms with Crippen LogP contribution in [0.1, 0.15) is 36.2 Å². The summed E-state index contributed by atoms with van der Waals surface area (Å²) in [4.78, 5) is 24.5.